The summed E-state index contributed by atoms with van der Waals surface area (Å²) >= 11 is 0. The van der Waals surface area contributed by atoms with Crippen LogP contribution in [-0.2, 0) is 12.7 Å². The molecule has 0 saturated heterocycles. The average Bonchev–Trinajstić information content (AvgIpc) is 2.41. The second-order valence-corrected chi connectivity index (χ2v) is 4.80. The van der Waals surface area contributed by atoms with Crippen molar-refractivity contribution in [2.75, 3.05) is 6.61 Å². The molecule has 1 aromatic carbocycles. The Morgan fingerprint density at radius 3 is 2.20 bits per heavy atom. The van der Waals surface area contributed by atoms with E-state index >= 15 is 0 Å². The molecule has 0 aliphatic rings. The number of benzene rings is 1. The Labute approximate surface area is 115 Å². The van der Waals surface area contributed by atoms with E-state index in [-0.39, 0.29) is 18.7 Å². The van der Waals surface area contributed by atoms with E-state index in [9.17, 15) is 22.7 Å². The van der Waals surface area contributed by atoms with Crippen molar-refractivity contribution >= 4 is 0 Å². The highest BCUT2D eigenvalue weighted by molar-refractivity contribution is 5.30. The molecule has 0 amide bonds. The molecule has 20 heavy (non-hydrogen) atoms. The van der Waals surface area contributed by atoms with Gasteiger partial charge in [0.2, 0.25) is 0 Å². The first kappa shape index (κ1) is 16.9. The summed E-state index contributed by atoms with van der Waals surface area (Å²) in [5.74, 6) is -0.916. The summed E-state index contributed by atoms with van der Waals surface area (Å²) in [4.78, 5) is 0. The Balaban J connectivity index is 2.98. The van der Waals surface area contributed by atoms with Crippen LogP contribution in [0.3, 0.4) is 0 Å². The Bertz CT molecular complexity index is 433. The third kappa shape index (κ3) is 3.93. The number of rotatable bonds is 6. The lowest BCUT2D eigenvalue weighted by molar-refractivity contribution is -0.138. The van der Waals surface area contributed by atoms with Crippen molar-refractivity contribution in [3.63, 3.8) is 0 Å². The topological polar surface area (TPSA) is 32.3 Å². The molecule has 0 aromatic heterocycles. The van der Waals surface area contributed by atoms with E-state index < -0.39 is 23.1 Å². The normalized spacial score (nSPS) is 12.8. The van der Waals surface area contributed by atoms with Gasteiger partial charge in [-0.1, -0.05) is 19.9 Å². The van der Waals surface area contributed by atoms with Gasteiger partial charge in [0.05, 0.1) is 12.2 Å². The van der Waals surface area contributed by atoms with E-state index in [1.807, 2.05) is 13.8 Å². The minimum absolute atomic E-state index is 0.0291. The number of aliphatic hydroxyl groups excluding tert-OH is 1. The van der Waals surface area contributed by atoms with Crippen LogP contribution in [0.5, 0.6) is 0 Å². The maximum absolute atomic E-state index is 13.0. The van der Waals surface area contributed by atoms with Crippen LogP contribution < -0.4 is 5.32 Å². The minimum atomic E-state index is -4.60. The molecule has 0 radical (unpaired) electrons. The quantitative estimate of drug-likeness (QED) is 0.787. The van der Waals surface area contributed by atoms with Crippen molar-refractivity contribution in [2.24, 2.45) is 0 Å². The molecule has 6 heteroatoms. The summed E-state index contributed by atoms with van der Waals surface area (Å²) in [5.41, 5.74) is -1.63. The van der Waals surface area contributed by atoms with Gasteiger partial charge in [0.15, 0.2) is 0 Å². The highest BCUT2D eigenvalue weighted by Gasteiger charge is 2.34. The third-order valence-corrected chi connectivity index (χ3v) is 3.69. The Morgan fingerprint density at radius 2 is 1.75 bits per heavy atom. The van der Waals surface area contributed by atoms with Gasteiger partial charge < -0.3 is 10.4 Å². The van der Waals surface area contributed by atoms with Gasteiger partial charge in [-0.15, -0.1) is 0 Å². The molecule has 0 atom stereocenters. The van der Waals surface area contributed by atoms with E-state index in [0.29, 0.717) is 18.9 Å². The molecule has 0 aliphatic heterocycles. The number of aliphatic hydroxyl groups is 1. The van der Waals surface area contributed by atoms with Crippen LogP contribution in [0.25, 0.3) is 0 Å². The van der Waals surface area contributed by atoms with Gasteiger partial charge in [-0.3, -0.25) is 0 Å². The first-order valence-electron chi connectivity index (χ1n) is 6.49. The number of nitrogens with one attached hydrogen (secondary N) is 1. The summed E-state index contributed by atoms with van der Waals surface area (Å²) < 4.78 is 51.5. The molecule has 0 spiro atoms. The fraction of sp³-hybridized carbons (Fsp3) is 0.571. The van der Waals surface area contributed by atoms with Gasteiger partial charge >= 0.3 is 6.18 Å². The minimum Gasteiger partial charge on any atom is -0.394 e. The predicted molar refractivity (Wildman–Crippen MR) is 68.6 cm³/mol. The van der Waals surface area contributed by atoms with Gasteiger partial charge in [-0.05, 0) is 30.5 Å². The van der Waals surface area contributed by atoms with Crippen LogP contribution in [-0.4, -0.2) is 17.3 Å². The second-order valence-electron chi connectivity index (χ2n) is 4.80. The molecule has 1 aromatic rings. The maximum atomic E-state index is 13.0. The average molecular weight is 293 g/mol. The molecule has 2 N–H and O–H groups in total. The van der Waals surface area contributed by atoms with Crippen molar-refractivity contribution in [3.8, 4) is 0 Å². The van der Waals surface area contributed by atoms with Gasteiger partial charge in [-0.2, -0.15) is 13.2 Å². The molecule has 0 aliphatic carbocycles. The zero-order chi connectivity index (χ0) is 15.4. The van der Waals surface area contributed by atoms with Crippen molar-refractivity contribution in [1.29, 1.82) is 0 Å². The van der Waals surface area contributed by atoms with Crippen LogP contribution in [0.15, 0.2) is 18.2 Å². The van der Waals surface area contributed by atoms with Crippen LogP contribution in [0.1, 0.15) is 37.8 Å². The molecule has 0 unspecified atom stereocenters. The first-order valence-corrected chi connectivity index (χ1v) is 6.49. The zero-order valence-electron chi connectivity index (χ0n) is 11.5. The van der Waals surface area contributed by atoms with Crippen molar-refractivity contribution in [3.05, 3.63) is 35.1 Å². The second kappa shape index (κ2) is 6.54. The Morgan fingerprint density at radius 1 is 1.15 bits per heavy atom. The summed E-state index contributed by atoms with van der Waals surface area (Å²) in [7, 11) is 0. The highest BCUT2D eigenvalue weighted by Crippen LogP contribution is 2.32. The molecule has 0 saturated carbocycles. The lowest BCUT2D eigenvalue weighted by Crippen LogP contribution is -2.47. The number of hydrogen-bond acceptors (Lipinski definition) is 2. The van der Waals surface area contributed by atoms with Crippen molar-refractivity contribution in [2.45, 2.75) is 44.9 Å². The molecular weight excluding hydrogens is 274 g/mol. The van der Waals surface area contributed by atoms with Crippen molar-refractivity contribution in [1.82, 2.24) is 5.32 Å². The van der Waals surface area contributed by atoms with Crippen LogP contribution in [0.2, 0.25) is 0 Å². The lowest BCUT2D eigenvalue weighted by Gasteiger charge is -2.31. The SMILES string of the molecule is CCC(CC)(CO)NCc1ccc(F)cc1C(F)(F)F. The third-order valence-electron chi connectivity index (χ3n) is 3.69. The largest absolute Gasteiger partial charge is 0.416 e. The Hall–Kier alpha value is -1.14. The van der Waals surface area contributed by atoms with Gasteiger partial charge in [-0.25, -0.2) is 4.39 Å². The van der Waals surface area contributed by atoms with E-state index in [4.69, 9.17) is 0 Å². The summed E-state index contributed by atoms with van der Waals surface area (Å²) in [5, 5.41) is 12.3. The number of alkyl halides is 3. The number of hydrogen-bond donors (Lipinski definition) is 2. The fourth-order valence-electron chi connectivity index (χ4n) is 2.03. The molecule has 0 fully saturated rings. The summed E-state index contributed by atoms with van der Waals surface area (Å²) in [6, 6.07) is 2.62. The summed E-state index contributed by atoms with van der Waals surface area (Å²) in [6.45, 7) is 3.46. The van der Waals surface area contributed by atoms with Crippen LogP contribution in [0, 0.1) is 5.82 Å². The Kier molecular flexibility index (Phi) is 5.53. The van der Waals surface area contributed by atoms with Crippen molar-refractivity contribution < 1.29 is 22.7 Å². The molecule has 2 nitrogen and oxygen atoms in total. The van der Waals surface area contributed by atoms with E-state index in [0.717, 1.165) is 12.1 Å². The standard InChI is InChI=1S/C14H19F4NO/c1-3-13(4-2,9-20)19-8-10-5-6-11(15)7-12(10)14(16,17)18/h5-7,19-20H,3-4,8-9H2,1-2H3. The predicted octanol–water partition coefficient (Wildman–Crippen LogP) is 3.49. The van der Waals surface area contributed by atoms with Crippen LogP contribution in [0.4, 0.5) is 17.6 Å². The molecule has 0 heterocycles. The zero-order valence-corrected chi connectivity index (χ0v) is 11.5. The number of halogens is 4. The van der Waals surface area contributed by atoms with Crippen LogP contribution >= 0.6 is 0 Å². The monoisotopic (exact) mass is 293 g/mol. The van der Waals surface area contributed by atoms with Gasteiger partial charge in [0, 0.05) is 12.1 Å². The van der Waals surface area contributed by atoms with E-state index in [1.165, 1.54) is 0 Å². The van der Waals surface area contributed by atoms with E-state index in [1.54, 1.807) is 0 Å². The first-order chi connectivity index (χ1) is 9.28. The maximum Gasteiger partial charge on any atom is 0.416 e. The fourth-order valence-corrected chi connectivity index (χ4v) is 2.03. The smallest absolute Gasteiger partial charge is 0.394 e. The van der Waals surface area contributed by atoms with Gasteiger partial charge in [0.25, 0.3) is 0 Å². The molecule has 0 bridgehead atoms. The molecule has 114 valence electrons. The van der Waals surface area contributed by atoms with Gasteiger partial charge in [0.1, 0.15) is 5.82 Å². The highest BCUT2D eigenvalue weighted by atomic mass is 19.4. The molecular formula is C14H19F4NO. The summed E-state index contributed by atoms with van der Waals surface area (Å²) in [6.07, 6.45) is -3.43. The van der Waals surface area contributed by atoms with E-state index in [2.05, 4.69) is 5.32 Å². The molecule has 1 rings (SSSR count). The lowest BCUT2D eigenvalue weighted by atomic mass is 9.93.